The molecule has 0 heterocycles. The van der Waals surface area contributed by atoms with Crippen LogP contribution in [0.3, 0.4) is 0 Å². The number of benzene rings is 2. The summed E-state index contributed by atoms with van der Waals surface area (Å²) in [6.07, 6.45) is 0.273. The number of carbonyl (C=O) groups is 1. The van der Waals surface area contributed by atoms with Crippen molar-refractivity contribution in [2.45, 2.75) is 25.3 Å². The first-order chi connectivity index (χ1) is 9.99. The second-order valence-electron chi connectivity index (χ2n) is 5.17. The van der Waals surface area contributed by atoms with Crippen LogP contribution in [0.2, 0.25) is 0 Å². The third-order valence-electron chi connectivity index (χ3n) is 3.55. The molecule has 1 aliphatic carbocycles. The third kappa shape index (κ3) is 4.07. The van der Waals surface area contributed by atoms with Gasteiger partial charge in [0.25, 0.3) is 0 Å². The molecule has 1 atom stereocenters. The molecule has 0 unspecified atom stereocenters. The third-order valence-corrected chi connectivity index (χ3v) is 3.55. The molecular formula is C17H19NO3. The number of phenolic OH excluding ortho intramolecular Hbond substituents is 1. The van der Waals surface area contributed by atoms with Gasteiger partial charge in [0.1, 0.15) is 11.8 Å². The van der Waals surface area contributed by atoms with E-state index < -0.39 is 12.0 Å². The van der Waals surface area contributed by atoms with Crippen LogP contribution in [-0.2, 0) is 11.2 Å². The van der Waals surface area contributed by atoms with Crippen LogP contribution in [0.5, 0.6) is 5.75 Å². The fourth-order valence-electron chi connectivity index (χ4n) is 2.15. The van der Waals surface area contributed by atoms with Crippen LogP contribution in [0.25, 0.3) is 0 Å². The summed E-state index contributed by atoms with van der Waals surface area (Å²) in [6.45, 7) is 2.24. The van der Waals surface area contributed by atoms with Gasteiger partial charge in [-0.2, -0.15) is 0 Å². The van der Waals surface area contributed by atoms with E-state index in [2.05, 4.69) is 31.2 Å². The molecule has 4 N–H and O–H groups in total. The molecule has 0 spiro atoms. The largest absolute Gasteiger partial charge is 0.508 e. The van der Waals surface area contributed by atoms with Crippen LogP contribution in [0.1, 0.15) is 29.5 Å². The summed E-state index contributed by atoms with van der Waals surface area (Å²) in [5.41, 5.74) is 9.19. The Bertz CT molecular complexity index is 599. The highest BCUT2D eigenvalue weighted by Gasteiger charge is 2.25. The normalized spacial score (nSPS) is 13.6. The Morgan fingerprint density at radius 2 is 1.67 bits per heavy atom. The minimum atomic E-state index is -1.02. The lowest BCUT2D eigenvalue weighted by atomic mass is 10.1. The molecule has 1 aliphatic rings. The number of aliphatic carboxylic acids is 1. The molecule has 0 saturated carbocycles. The van der Waals surface area contributed by atoms with Crippen LogP contribution in [0.15, 0.2) is 48.5 Å². The first-order valence-electron chi connectivity index (χ1n) is 6.84. The van der Waals surface area contributed by atoms with Crippen molar-refractivity contribution < 1.29 is 15.0 Å². The summed E-state index contributed by atoms with van der Waals surface area (Å²) >= 11 is 0. The number of nitrogens with two attached hydrogens (primary N) is 1. The average Bonchev–Trinajstić information content (AvgIpc) is 3.13. The molecule has 0 fully saturated rings. The quantitative estimate of drug-likeness (QED) is 0.809. The number of aromatic hydroxyl groups is 1. The van der Waals surface area contributed by atoms with Crippen molar-refractivity contribution in [3.05, 3.63) is 65.2 Å². The van der Waals surface area contributed by atoms with Crippen LogP contribution < -0.4 is 5.73 Å². The van der Waals surface area contributed by atoms with Gasteiger partial charge < -0.3 is 15.9 Å². The summed E-state index contributed by atoms with van der Waals surface area (Å²) in [7, 11) is 0. The minimum Gasteiger partial charge on any atom is -0.508 e. The molecule has 0 aromatic heterocycles. The topological polar surface area (TPSA) is 83.5 Å². The zero-order valence-corrected chi connectivity index (χ0v) is 11.9. The highest BCUT2D eigenvalue weighted by molar-refractivity contribution is 5.73. The molecule has 3 rings (SSSR count). The zero-order chi connectivity index (χ0) is 15.4. The van der Waals surface area contributed by atoms with Gasteiger partial charge in [0.15, 0.2) is 0 Å². The molecule has 2 aromatic rings. The van der Waals surface area contributed by atoms with Gasteiger partial charge in [-0.3, -0.25) is 4.79 Å². The van der Waals surface area contributed by atoms with Crippen molar-refractivity contribution in [1.82, 2.24) is 0 Å². The Kier molecular flexibility index (Phi) is 4.60. The highest BCUT2D eigenvalue weighted by atomic mass is 16.4. The molecule has 0 radical (unpaired) electrons. The monoisotopic (exact) mass is 285 g/mol. The van der Waals surface area contributed by atoms with Crippen molar-refractivity contribution in [2.24, 2.45) is 5.73 Å². The number of hydrogen-bond donors (Lipinski definition) is 3. The zero-order valence-electron chi connectivity index (χ0n) is 11.9. The van der Waals surface area contributed by atoms with Gasteiger partial charge in [0.05, 0.1) is 0 Å². The maximum absolute atomic E-state index is 10.4. The summed E-state index contributed by atoms with van der Waals surface area (Å²) < 4.78 is 0. The number of phenols is 1. The van der Waals surface area contributed by atoms with Gasteiger partial charge in [0, 0.05) is 5.92 Å². The van der Waals surface area contributed by atoms with Gasteiger partial charge >= 0.3 is 5.97 Å². The maximum atomic E-state index is 10.4. The Morgan fingerprint density at radius 1 is 1.14 bits per heavy atom. The van der Waals surface area contributed by atoms with E-state index in [1.54, 1.807) is 12.1 Å². The molecule has 2 aromatic carbocycles. The summed E-state index contributed by atoms with van der Waals surface area (Å²) in [5, 5.41) is 17.5. The van der Waals surface area contributed by atoms with Gasteiger partial charge in [-0.1, -0.05) is 43.3 Å². The number of rotatable bonds is 3. The smallest absolute Gasteiger partial charge is 0.320 e. The summed E-state index contributed by atoms with van der Waals surface area (Å²) in [5.74, 6) is -0.0919. The van der Waals surface area contributed by atoms with Crippen molar-refractivity contribution in [3.8, 4) is 5.75 Å². The molecule has 21 heavy (non-hydrogen) atoms. The van der Waals surface area contributed by atoms with Crippen LogP contribution in [-0.4, -0.2) is 22.2 Å². The van der Waals surface area contributed by atoms with Crippen molar-refractivity contribution in [2.75, 3.05) is 0 Å². The first kappa shape index (κ1) is 15.1. The van der Waals surface area contributed by atoms with E-state index in [1.165, 1.54) is 23.3 Å². The van der Waals surface area contributed by atoms with Crippen molar-refractivity contribution in [3.63, 3.8) is 0 Å². The van der Waals surface area contributed by atoms with Gasteiger partial charge in [0.2, 0.25) is 0 Å². The lowest BCUT2D eigenvalue weighted by molar-refractivity contribution is -0.138. The predicted molar refractivity (Wildman–Crippen MR) is 81.4 cm³/mol. The Balaban J connectivity index is 0.000000170. The molecule has 0 aliphatic heterocycles. The van der Waals surface area contributed by atoms with E-state index in [1.807, 2.05) is 0 Å². The van der Waals surface area contributed by atoms with Crippen molar-refractivity contribution in [1.29, 1.82) is 0 Å². The van der Waals surface area contributed by atoms with E-state index in [-0.39, 0.29) is 12.2 Å². The molecule has 0 amide bonds. The standard InChI is InChI=1S/C9H11NO3.C8H8/c10-8(9(12)13)5-6-1-3-7(11)4-2-6;1-6-7-4-2-3-5-8(6)7/h1-4,8,11H,5,10H2,(H,12,13);2-6H,1H3/t8-;/m1./s1. The van der Waals surface area contributed by atoms with Gasteiger partial charge in [-0.25, -0.2) is 0 Å². The second-order valence-corrected chi connectivity index (χ2v) is 5.17. The first-order valence-corrected chi connectivity index (χ1v) is 6.84. The fraction of sp³-hybridized carbons (Fsp3) is 0.235. The molecule has 110 valence electrons. The Hall–Kier alpha value is -2.33. The molecule has 0 bridgehead atoms. The highest BCUT2D eigenvalue weighted by Crippen LogP contribution is 2.41. The van der Waals surface area contributed by atoms with Crippen LogP contribution >= 0.6 is 0 Å². The van der Waals surface area contributed by atoms with E-state index in [0.29, 0.717) is 0 Å². The van der Waals surface area contributed by atoms with E-state index in [4.69, 9.17) is 15.9 Å². The van der Waals surface area contributed by atoms with Gasteiger partial charge in [-0.15, -0.1) is 0 Å². The molecule has 0 saturated heterocycles. The minimum absolute atomic E-state index is 0.160. The van der Waals surface area contributed by atoms with Gasteiger partial charge in [-0.05, 0) is 35.2 Å². The van der Waals surface area contributed by atoms with E-state index >= 15 is 0 Å². The van der Waals surface area contributed by atoms with Crippen LogP contribution in [0, 0.1) is 0 Å². The predicted octanol–water partition coefficient (Wildman–Crippen LogP) is 2.50. The average molecular weight is 285 g/mol. The fourth-order valence-corrected chi connectivity index (χ4v) is 2.15. The lowest BCUT2D eigenvalue weighted by Crippen LogP contribution is -2.32. The number of carboxylic acid groups (broad SMARTS) is 1. The van der Waals surface area contributed by atoms with E-state index in [0.717, 1.165) is 11.5 Å². The maximum Gasteiger partial charge on any atom is 0.320 e. The van der Waals surface area contributed by atoms with E-state index in [9.17, 15) is 4.79 Å². The number of carboxylic acids is 1. The molecular weight excluding hydrogens is 266 g/mol. The lowest BCUT2D eigenvalue weighted by Gasteiger charge is -2.05. The Morgan fingerprint density at radius 3 is 2.10 bits per heavy atom. The summed E-state index contributed by atoms with van der Waals surface area (Å²) in [6, 6.07) is 14.0. The number of fused-ring (bicyclic) bond motifs is 1. The summed E-state index contributed by atoms with van der Waals surface area (Å²) in [4.78, 5) is 10.4. The van der Waals surface area contributed by atoms with Crippen molar-refractivity contribution >= 4 is 5.97 Å². The van der Waals surface area contributed by atoms with Crippen LogP contribution in [0.4, 0.5) is 0 Å². The molecule has 4 heteroatoms. The molecule has 4 nitrogen and oxygen atoms in total. The Labute approximate surface area is 123 Å². The number of hydrogen-bond acceptors (Lipinski definition) is 3. The SMILES string of the molecule is CC1c2ccccc21.N[C@H](Cc1ccc(O)cc1)C(=O)O. The second kappa shape index (κ2) is 6.41.